The summed E-state index contributed by atoms with van der Waals surface area (Å²) in [6.45, 7) is 1.76. The first-order chi connectivity index (χ1) is 15.6. The van der Waals surface area contributed by atoms with Crippen LogP contribution < -0.4 is 10.1 Å². The smallest absolute Gasteiger partial charge is 0.253 e. The van der Waals surface area contributed by atoms with E-state index < -0.39 is 0 Å². The van der Waals surface area contributed by atoms with Gasteiger partial charge in [-0.1, -0.05) is 30.3 Å². The van der Waals surface area contributed by atoms with Gasteiger partial charge in [0.2, 0.25) is 5.91 Å². The molecule has 166 valence electrons. The molecular formula is C25H27N3O3S. The summed E-state index contributed by atoms with van der Waals surface area (Å²) in [7, 11) is 1.60. The van der Waals surface area contributed by atoms with E-state index in [0.29, 0.717) is 44.5 Å². The minimum absolute atomic E-state index is 0.00395. The van der Waals surface area contributed by atoms with Crippen LogP contribution in [0.15, 0.2) is 60.0 Å². The van der Waals surface area contributed by atoms with Crippen molar-refractivity contribution in [3.8, 4) is 16.3 Å². The van der Waals surface area contributed by atoms with Gasteiger partial charge in [0.05, 0.1) is 12.8 Å². The quantitative estimate of drug-likeness (QED) is 0.591. The molecule has 0 bridgehead atoms. The molecule has 1 fully saturated rings. The SMILES string of the molecule is COc1ccc(C(=O)N2CCC(C(=O)NCCc3csc(-c4ccccc4)n3)CC2)cc1. The fourth-order valence-electron chi connectivity index (χ4n) is 3.85. The van der Waals surface area contributed by atoms with Gasteiger partial charge in [-0.3, -0.25) is 9.59 Å². The Morgan fingerprint density at radius 2 is 1.81 bits per heavy atom. The third-order valence-electron chi connectivity index (χ3n) is 5.74. The van der Waals surface area contributed by atoms with E-state index in [1.807, 2.05) is 23.1 Å². The standard InChI is InChI=1S/C25H27N3O3S/c1-31-22-9-7-20(8-10-22)25(30)28-15-12-18(13-16-28)23(29)26-14-11-21-17-32-24(27-21)19-5-3-2-4-6-19/h2-10,17-18H,11-16H2,1H3,(H,26,29). The molecule has 0 saturated carbocycles. The van der Waals surface area contributed by atoms with Gasteiger partial charge in [-0.05, 0) is 37.1 Å². The normalized spacial score (nSPS) is 14.2. The minimum atomic E-state index is -0.0507. The zero-order valence-electron chi connectivity index (χ0n) is 18.1. The Morgan fingerprint density at radius 1 is 1.09 bits per heavy atom. The van der Waals surface area contributed by atoms with E-state index in [-0.39, 0.29) is 17.7 Å². The van der Waals surface area contributed by atoms with Crippen molar-refractivity contribution in [2.75, 3.05) is 26.7 Å². The van der Waals surface area contributed by atoms with Crippen LogP contribution in [0, 0.1) is 5.92 Å². The van der Waals surface area contributed by atoms with Crippen LogP contribution in [0.2, 0.25) is 0 Å². The third kappa shape index (κ3) is 5.34. The maximum absolute atomic E-state index is 12.7. The molecule has 6 nitrogen and oxygen atoms in total. The largest absolute Gasteiger partial charge is 0.497 e. The van der Waals surface area contributed by atoms with Crippen LogP contribution in [0.5, 0.6) is 5.75 Å². The third-order valence-corrected chi connectivity index (χ3v) is 6.68. The molecule has 0 aliphatic carbocycles. The summed E-state index contributed by atoms with van der Waals surface area (Å²) in [6.07, 6.45) is 2.08. The predicted octanol–water partition coefficient (Wildman–Crippen LogP) is 4.03. The van der Waals surface area contributed by atoms with Crippen molar-refractivity contribution >= 4 is 23.2 Å². The molecule has 3 aromatic rings. The summed E-state index contributed by atoms with van der Waals surface area (Å²) in [5.41, 5.74) is 2.75. The summed E-state index contributed by atoms with van der Waals surface area (Å²) in [4.78, 5) is 31.8. The van der Waals surface area contributed by atoms with Gasteiger partial charge in [-0.15, -0.1) is 11.3 Å². The highest BCUT2D eigenvalue weighted by Crippen LogP contribution is 2.24. The minimum Gasteiger partial charge on any atom is -0.497 e. The molecule has 2 amide bonds. The summed E-state index contributed by atoms with van der Waals surface area (Å²) >= 11 is 1.62. The molecule has 0 unspecified atom stereocenters. The first-order valence-corrected chi connectivity index (χ1v) is 11.7. The summed E-state index contributed by atoms with van der Waals surface area (Å²) in [5.74, 6) is 0.750. The molecule has 1 aliphatic rings. The van der Waals surface area contributed by atoms with Crippen molar-refractivity contribution in [1.29, 1.82) is 0 Å². The lowest BCUT2D eigenvalue weighted by atomic mass is 9.95. The number of benzene rings is 2. The highest BCUT2D eigenvalue weighted by molar-refractivity contribution is 7.13. The van der Waals surface area contributed by atoms with E-state index in [9.17, 15) is 9.59 Å². The number of carbonyl (C=O) groups is 2. The van der Waals surface area contributed by atoms with E-state index >= 15 is 0 Å². The monoisotopic (exact) mass is 449 g/mol. The maximum Gasteiger partial charge on any atom is 0.253 e. The van der Waals surface area contributed by atoms with E-state index in [2.05, 4.69) is 27.8 Å². The Balaban J connectivity index is 1.21. The number of aromatic nitrogens is 1. The summed E-state index contributed by atoms with van der Waals surface area (Å²) in [6, 6.07) is 17.2. The number of carbonyl (C=O) groups excluding carboxylic acids is 2. The number of rotatable bonds is 7. The predicted molar refractivity (Wildman–Crippen MR) is 126 cm³/mol. The average molecular weight is 450 g/mol. The Kier molecular flexibility index (Phi) is 7.17. The number of nitrogens with one attached hydrogen (secondary N) is 1. The number of nitrogens with zero attached hydrogens (tertiary/aromatic N) is 2. The highest BCUT2D eigenvalue weighted by atomic mass is 32.1. The molecule has 32 heavy (non-hydrogen) atoms. The van der Waals surface area contributed by atoms with Gasteiger partial charge in [-0.2, -0.15) is 0 Å². The van der Waals surface area contributed by atoms with Crippen molar-refractivity contribution < 1.29 is 14.3 Å². The number of piperidine rings is 1. The van der Waals surface area contributed by atoms with E-state index in [1.165, 1.54) is 0 Å². The van der Waals surface area contributed by atoms with Gasteiger partial charge in [0.25, 0.3) is 5.91 Å². The first-order valence-electron chi connectivity index (χ1n) is 10.8. The average Bonchev–Trinajstić information content (AvgIpc) is 3.33. The fourth-order valence-corrected chi connectivity index (χ4v) is 4.71. The lowest BCUT2D eigenvalue weighted by Gasteiger charge is -2.31. The van der Waals surface area contributed by atoms with Gasteiger partial charge in [0.15, 0.2) is 0 Å². The molecule has 2 aromatic carbocycles. The van der Waals surface area contributed by atoms with Gasteiger partial charge in [-0.25, -0.2) is 4.98 Å². The molecule has 0 spiro atoms. The number of hydrogen-bond donors (Lipinski definition) is 1. The molecule has 7 heteroatoms. The van der Waals surface area contributed by atoms with Crippen molar-refractivity contribution in [1.82, 2.24) is 15.2 Å². The number of ether oxygens (including phenoxy) is 1. The molecule has 1 aromatic heterocycles. The molecule has 1 N–H and O–H groups in total. The van der Waals surface area contributed by atoms with Crippen LogP contribution in [-0.2, 0) is 11.2 Å². The van der Waals surface area contributed by atoms with Crippen molar-refractivity contribution in [3.63, 3.8) is 0 Å². The first kappa shape index (κ1) is 22.0. The van der Waals surface area contributed by atoms with Crippen LogP contribution in [0.25, 0.3) is 10.6 Å². The highest BCUT2D eigenvalue weighted by Gasteiger charge is 2.27. The van der Waals surface area contributed by atoms with Crippen LogP contribution in [0.3, 0.4) is 0 Å². The topological polar surface area (TPSA) is 71.5 Å². The van der Waals surface area contributed by atoms with Gasteiger partial charge >= 0.3 is 0 Å². The Hall–Kier alpha value is -3.19. The zero-order chi connectivity index (χ0) is 22.3. The van der Waals surface area contributed by atoms with Crippen molar-refractivity contribution in [2.45, 2.75) is 19.3 Å². The molecule has 0 radical (unpaired) electrons. The second-order valence-electron chi connectivity index (χ2n) is 7.85. The summed E-state index contributed by atoms with van der Waals surface area (Å²) in [5, 5.41) is 6.10. The van der Waals surface area contributed by atoms with Crippen LogP contribution in [-0.4, -0.2) is 48.4 Å². The molecule has 0 atom stereocenters. The number of amides is 2. The lowest BCUT2D eigenvalue weighted by molar-refractivity contribution is -0.126. The molecular weight excluding hydrogens is 422 g/mol. The molecule has 2 heterocycles. The van der Waals surface area contributed by atoms with E-state index in [4.69, 9.17) is 4.74 Å². The van der Waals surface area contributed by atoms with Crippen LogP contribution in [0.1, 0.15) is 28.9 Å². The molecule has 4 rings (SSSR count). The van der Waals surface area contributed by atoms with E-state index in [0.717, 1.165) is 22.0 Å². The zero-order valence-corrected chi connectivity index (χ0v) is 18.9. The van der Waals surface area contributed by atoms with Crippen LogP contribution in [0.4, 0.5) is 0 Å². The second kappa shape index (κ2) is 10.4. The lowest BCUT2D eigenvalue weighted by Crippen LogP contribution is -2.43. The molecule has 1 saturated heterocycles. The van der Waals surface area contributed by atoms with Crippen LogP contribution >= 0.6 is 11.3 Å². The summed E-state index contributed by atoms with van der Waals surface area (Å²) < 4.78 is 5.14. The molecule has 1 aliphatic heterocycles. The van der Waals surface area contributed by atoms with Gasteiger partial charge < -0.3 is 15.0 Å². The van der Waals surface area contributed by atoms with Crippen molar-refractivity contribution in [2.24, 2.45) is 5.92 Å². The Labute approximate surface area is 192 Å². The Morgan fingerprint density at radius 3 is 2.50 bits per heavy atom. The van der Waals surface area contributed by atoms with E-state index in [1.54, 1.807) is 42.7 Å². The van der Waals surface area contributed by atoms with Gasteiger partial charge in [0.1, 0.15) is 10.8 Å². The van der Waals surface area contributed by atoms with Crippen molar-refractivity contribution in [3.05, 3.63) is 71.2 Å². The number of likely N-dealkylation sites (tertiary alicyclic amines) is 1. The maximum atomic E-state index is 12.7. The second-order valence-corrected chi connectivity index (χ2v) is 8.70. The number of hydrogen-bond acceptors (Lipinski definition) is 5. The fraction of sp³-hybridized carbons (Fsp3) is 0.320. The number of methoxy groups -OCH3 is 1. The Bertz CT molecular complexity index is 1040. The number of thiazole rings is 1. The van der Waals surface area contributed by atoms with Gasteiger partial charge in [0, 0.05) is 48.5 Å².